The Morgan fingerprint density at radius 3 is 2.36 bits per heavy atom. The van der Waals surface area contributed by atoms with Gasteiger partial charge in [-0.25, -0.2) is 0 Å². The van der Waals surface area contributed by atoms with E-state index in [1.165, 1.54) is 0 Å². The van der Waals surface area contributed by atoms with Crippen molar-refractivity contribution in [2.75, 3.05) is 0 Å². The van der Waals surface area contributed by atoms with Crippen LogP contribution in [0.4, 0.5) is 0 Å². The van der Waals surface area contributed by atoms with E-state index in [9.17, 15) is 4.21 Å². The fourth-order valence-corrected chi connectivity index (χ4v) is 3.20. The Kier molecular flexibility index (Phi) is 2.39. The van der Waals surface area contributed by atoms with E-state index in [2.05, 4.69) is 6.07 Å². The maximum Gasteiger partial charge on any atom is 0.137 e. The van der Waals surface area contributed by atoms with Crippen molar-refractivity contribution in [3.63, 3.8) is 0 Å². The molecular weight excluding hydrogens is 194 g/mol. The second kappa shape index (κ2) is 3.55. The van der Waals surface area contributed by atoms with Gasteiger partial charge in [0.05, 0.1) is 16.9 Å². The molecule has 3 heteroatoms. The molecule has 2 nitrogen and oxygen atoms in total. The van der Waals surface area contributed by atoms with E-state index in [1.54, 1.807) is 0 Å². The summed E-state index contributed by atoms with van der Waals surface area (Å²) in [5, 5.41) is 9.03. The molecule has 0 radical (unpaired) electrons. The standard InChI is InChI=1S/C11H11NOS/c12-9-11(7-4-8-11)14(13)10-5-2-1-3-6-10/h1-3,5-6H,4,7-8H2/t14-/m1/s1. The van der Waals surface area contributed by atoms with E-state index < -0.39 is 15.5 Å². The van der Waals surface area contributed by atoms with E-state index in [4.69, 9.17) is 5.26 Å². The average Bonchev–Trinajstić information content (AvgIpc) is 2.18. The van der Waals surface area contributed by atoms with E-state index in [-0.39, 0.29) is 0 Å². The smallest absolute Gasteiger partial charge is 0.137 e. The van der Waals surface area contributed by atoms with Crippen molar-refractivity contribution < 1.29 is 4.21 Å². The van der Waals surface area contributed by atoms with Crippen LogP contribution in [0.1, 0.15) is 19.3 Å². The van der Waals surface area contributed by atoms with Crippen molar-refractivity contribution in [3.05, 3.63) is 30.3 Å². The highest BCUT2D eigenvalue weighted by molar-refractivity contribution is 7.86. The van der Waals surface area contributed by atoms with Crippen LogP contribution in [0.2, 0.25) is 0 Å². The summed E-state index contributed by atoms with van der Waals surface area (Å²) >= 11 is 0. The van der Waals surface area contributed by atoms with E-state index in [1.807, 2.05) is 30.3 Å². The number of rotatable bonds is 2. The van der Waals surface area contributed by atoms with Gasteiger partial charge in [0.1, 0.15) is 4.75 Å². The topological polar surface area (TPSA) is 40.9 Å². The molecular formula is C11H11NOS. The van der Waals surface area contributed by atoms with Crippen LogP contribution in [0, 0.1) is 11.3 Å². The zero-order valence-corrected chi connectivity index (χ0v) is 8.59. The van der Waals surface area contributed by atoms with Gasteiger partial charge in [-0.05, 0) is 31.4 Å². The first kappa shape index (κ1) is 9.42. The van der Waals surface area contributed by atoms with Crippen LogP contribution in [0.25, 0.3) is 0 Å². The van der Waals surface area contributed by atoms with Gasteiger partial charge in [-0.2, -0.15) is 5.26 Å². The molecule has 0 aromatic heterocycles. The first-order chi connectivity index (χ1) is 6.78. The predicted molar refractivity (Wildman–Crippen MR) is 55.0 cm³/mol. The van der Waals surface area contributed by atoms with Crippen LogP contribution in [-0.2, 0) is 10.8 Å². The normalized spacial score (nSPS) is 20.5. The number of hydrogen-bond acceptors (Lipinski definition) is 2. The molecule has 0 bridgehead atoms. The van der Waals surface area contributed by atoms with Crippen molar-refractivity contribution in [2.24, 2.45) is 0 Å². The lowest BCUT2D eigenvalue weighted by molar-refractivity contribution is 0.426. The Hall–Kier alpha value is -1.14. The monoisotopic (exact) mass is 205 g/mol. The molecule has 1 fully saturated rings. The molecule has 0 saturated heterocycles. The molecule has 1 atom stereocenters. The highest BCUT2D eigenvalue weighted by Crippen LogP contribution is 2.39. The van der Waals surface area contributed by atoms with Crippen molar-refractivity contribution >= 4 is 10.8 Å². The van der Waals surface area contributed by atoms with Crippen molar-refractivity contribution in [1.82, 2.24) is 0 Å². The molecule has 0 aliphatic heterocycles. The van der Waals surface area contributed by atoms with Gasteiger partial charge in [-0.1, -0.05) is 18.2 Å². The molecule has 0 unspecified atom stereocenters. The fraction of sp³-hybridized carbons (Fsp3) is 0.364. The van der Waals surface area contributed by atoms with Crippen molar-refractivity contribution in [3.8, 4) is 6.07 Å². The van der Waals surface area contributed by atoms with Crippen molar-refractivity contribution in [1.29, 1.82) is 5.26 Å². The first-order valence-electron chi connectivity index (χ1n) is 4.67. The Morgan fingerprint density at radius 2 is 1.93 bits per heavy atom. The number of benzene rings is 1. The molecule has 0 N–H and O–H groups in total. The van der Waals surface area contributed by atoms with Gasteiger partial charge in [0.2, 0.25) is 0 Å². The Labute approximate surface area is 86.0 Å². The molecule has 14 heavy (non-hydrogen) atoms. The second-order valence-electron chi connectivity index (χ2n) is 3.54. The first-order valence-corrected chi connectivity index (χ1v) is 5.82. The maximum absolute atomic E-state index is 12.1. The molecule has 2 rings (SSSR count). The number of nitrogens with zero attached hydrogens (tertiary/aromatic N) is 1. The lowest BCUT2D eigenvalue weighted by Gasteiger charge is -2.33. The average molecular weight is 205 g/mol. The quantitative estimate of drug-likeness (QED) is 0.743. The third kappa shape index (κ3) is 1.36. The number of nitriles is 1. The van der Waals surface area contributed by atoms with Gasteiger partial charge in [-0.3, -0.25) is 4.21 Å². The zero-order valence-electron chi connectivity index (χ0n) is 7.77. The predicted octanol–water partition coefficient (Wildman–Crippen LogP) is 2.24. The van der Waals surface area contributed by atoms with E-state index >= 15 is 0 Å². The summed E-state index contributed by atoms with van der Waals surface area (Å²) in [7, 11) is -1.16. The van der Waals surface area contributed by atoms with Crippen LogP contribution >= 0.6 is 0 Å². The Bertz CT molecular complexity index is 389. The van der Waals surface area contributed by atoms with Crippen LogP contribution in [-0.4, -0.2) is 8.96 Å². The second-order valence-corrected chi connectivity index (χ2v) is 5.33. The minimum atomic E-state index is -1.16. The van der Waals surface area contributed by atoms with Gasteiger partial charge < -0.3 is 0 Å². The highest BCUT2D eigenvalue weighted by Gasteiger charge is 2.43. The molecule has 1 aliphatic rings. The molecule has 0 heterocycles. The van der Waals surface area contributed by atoms with Gasteiger partial charge in [0.25, 0.3) is 0 Å². The molecule has 1 aromatic rings. The fourth-order valence-electron chi connectivity index (χ4n) is 1.61. The van der Waals surface area contributed by atoms with Crippen LogP contribution in [0.5, 0.6) is 0 Å². The molecule has 0 spiro atoms. The summed E-state index contributed by atoms with van der Waals surface area (Å²) in [6.45, 7) is 0. The largest absolute Gasteiger partial charge is 0.253 e. The van der Waals surface area contributed by atoms with Crippen LogP contribution in [0.15, 0.2) is 35.2 Å². The molecule has 1 aromatic carbocycles. The minimum absolute atomic E-state index is 0.596. The third-order valence-corrected chi connectivity index (χ3v) is 4.59. The summed E-state index contributed by atoms with van der Waals surface area (Å²) in [6, 6.07) is 11.5. The van der Waals surface area contributed by atoms with E-state index in [0.29, 0.717) is 0 Å². The van der Waals surface area contributed by atoms with Crippen LogP contribution < -0.4 is 0 Å². The van der Waals surface area contributed by atoms with Crippen molar-refractivity contribution in [2.45, 2.75) is 28.9 Å². The number of hydrogen-bond donors (Lipinski definition) is 0. The molecule has 72 valence electrons. The van der Waals surface area contributed by atoms with Gasteiger partial charge in [0.15, 0.2) is 0 Å². The minimum Gasteiger partial charge on any atom is -0.253 e. The van der Waals surface area contributed by atoms with E-state index in [0.717, 1.165) is 24.2 Å². The highest BCUT2D eigenvalue weighted by atomic mass is 32.2. The summed E-state index contributed by atoms with van der Waals surface area (Å²) in [6.07, 6.45) is 2.56. The summed E-state index contributed by atoms with van der Waals surface area (Å²) in [5.41, 5.74) is 0. The summed E-state index contributed by atoms with van der Waals surface area (Å²) in [5.74, 6) is 0. The lowest BCUT2D eigenvalue weighted by atomic mass is 9.86. The third-order valence-electron chi connectivity index (χ3n) is 2.68. The van der Waals surface area contributed by atoms with Crippen LogP contribution in [0.3, 0.4) is 0 Å². The molecule has 1 saturated carbocycles. The maximum atomic E-state index is 12.1. The van der Waals surface area contributed by atoms with Gasteiger partial charge >= 0.3 is 0 Å². The lowest BCUT2D eigenvalue weighted by Crippen LogP contribution is -2.39. The van der Waals surface area contributed by atoms with Gasteiger partial charge in [-0.15, -0.1) is 0 Å². The molecule has 0 amide bonds. The summed E-state index contributed by atoms with van der Waals surface area (Å²) < 4.78 is 11.5. The molecule has 1 aliphatic carbocycles. The summed E-state index contributed by atoms with van der Waals surface area (Å²) in [4.78, 5) is 0.772. The van der Waals surface area contributed by atoms with Gasteiger partial charge in [0, 0.05) is 4.90 Å². The Balaban J connectivity index is 2.29. The Morgan fingerprint density at radius 1 is 1.29 bits per heavy atom. The SMILES string of the molecule is N#CC1([S@](=O)c2ccccc2)CCC1. The zero-order chi connectivity index (χ0) is 10.0.